The third-order valence-electron chi connectivity index (χ3n) is 4.24. The van der Waals surface area contributed by atoms with Crippen molar-refractivity contribution < 1.29 is 9.84 Å². The quantitative estimate of drug-likeness (QED) is 0.600. The fourth-order valence-electron chi connectivity index (χ4n) is 3.00. The van der Waals surface area contributed by atoms with Gasteiger partial charge in [-0.2, -0.15) is 0 Å². The maximum absolute atomic E-state index is 10.2. The van der Waals surface area contributed by atoms with Crippen molar-refractivity contribution in [2.45, 2.75) is 76.9 Å². The van der Waals surface area contributed by atoms with E-state index in [9.17, 15) is 5.11 Å². The molecule has 21 heavy (non-hydrogen) atoms. The van der Waals surface area contributed by atoms with Crippen LogP contribution in [0.25, 0.3) is 0 Å². The highest BCUT2D eigenvalue weighted by Crippen LogP contribution is 2.37. The van der Waals surface area contributed by atoms with Crippen molar-refractivity contribution in [3.63, 3.8) is 0 Å². The van der Waals surface area contributed by atoms with Crippen molar-refractivity contribution in [2.75, 3.05) is 0 Å². The maximum atomic E-state index is 10.2. The van der Waals surface area contributed by atoms with Gasteiger partial charge in [0.05, 0.1) is 6.10 Å². The fourth-order valence-corrected chi connectivity index (χ4v) is 3.34. The third-order valence-corrected chi connectivity index (χ3v) is 4.74. The molecular weight excluding hydrogens is 328 g/mol. The van der Waals surface area contributed by atoms with Crippen LogP contribution in [0.4, 0.5) is 0 Å². The summed E-state index contributed by atoms with van der Waals surface area (Å²) in [4.78, 5) is 0. The minimum absolute atomic E-state index is 0.164. The zero-order chi connectivity index (χ0) is 15.1. The van der Waals surface area contributed by atoms with Crippen LogP contribution in [0.3, 0.4) is 0 Å². The van der Waals surface area contributed by atoms with E-state index < -0.39 is 0 Å². The Hall–Kier alpha value is -0.540. The summed E-state index contributed by atoms with van der Waals surface area (Å²) in [6.07, 6.45) is 10.8. The van der Waals surface area contributed by atoms with Gasteiger partial charge in [0, 0.05) is 16.5 Å². The number of aliphatic hydroxyl groups excluding tert-OH is 1. The summed E-state index contributed by atoms with van der Waals surface area (Å²) in [6.45, 7) is 2.25. The average molecular weight is 355 g/mol. The number of ether oxygens (including phenoxy) is 1. The van der Waals surface area contributed by atoms with E-state index >= 15 is 0 Å². The summed E-state index contributed by atoms with van der Waals surface area (Å²) in [5.41, 5.74) is 0.925. The molecule has 3 heteroatoms. The number of unbranched alkanes of at least 4 members (excludes halogenated alkanes) is 6. The Bertz CT molecular complexity index is 433. The standard InChI is InChI=1S/C18H27BrO2/c1-2-3-4-5-6-7-8-9-15-13-17(20)16-11-10-14(19)12-18(16)21-15/h10-12,15,17,20H,2-9,13H2,1H3/t15?,17-/m1/s1. The van der Waals surface area contributed by atoms with Crippen molar-refractivity contribution in [2.24, 2.45) is 0 Å². The van der Waals surface area contributed by atoms with E-state index in [2.05, 4.69) is 22.9 Å². The molecule has 0 fully saturated rings. The van der Waals surface area contributed by atoms with Crippen molar-refractivity contribution in [1.82, 2.24) is 0 Å². The van der Waals surface area contributed by atoms with Gasteiger partial charge in [-0.05, 0) is 25.0 Å². The Balaban J connectivity index is 1.71. The summed E-state index contributed by atoms with van der Waals surface area (Å²) >= 11 is 3.46. The first-order valence-corrected chi connectivity index (χ1v) is 9.14. The van der Waals surface area contributed by atoms with Gasteiger partial charge in [0.1, 0.15) is 11.9 Å². The molecule has 1 N–H and O–H groups in total. The van der Waals surface area contributed by atoms with Crippen LogP contribution in [0.5, 0.6) is 5.75 Å². The van der Waals surface area contributed by atoms with Gasteiger partial charge in [-0.25, -0.2) is 0 Å². The number of hydrogen-bond acceptors (Lipinski definition) is 2. The molecule has 1 aliphatic heterocycles. The highest BCUT2D eigenvalue weighted by molar-refractivity contribution is 9.10. The van der Waals surface area contributed by atoms with Gasteiger partial charge >= 0.3 is 0 Å². The number of aliphatic hydroxyl groups is 1. The molecule has 2 rings (SSSR count). The van der Waals surface area contributed by atoms with Gasteiger partial charge in [-0.1, -0.05) is 67.4 Å². The molecule has 0 aromatic heterocycles. The Morgan fingerprint density at radius 2 is 1.86 bits per heavy atom. The summed E-state index contributed by atoms with van der Waals surface area (Å²) in [6, 6.07) is 5.88. The predicted octanol–water partition coefficient (Wildman–Crippen LogP) is 5.77. The summed E-state index contributed by atoms with van der Waals surface area (Å²) in [5, 5.41) is 10.2. The molecule has 1 aromatic carbocycles. The van der Waals surface area contributed by atoms with Gasteiger partial charge in [-0.3, -0.25) is 0 Å². The lowest BCUT2D eigenvalue weighted by molar-refractivity contribution is 0.0604. The molecule has 0 aliphatic carbocycles. The smallest absolute Gasteiger partial charge is 0.126 e. The highest BCUT2D eigenvalue weighted by Gasteiger charge is 2.26. The second-order valence-corrected chi connectivity index (χ2v) is 7.00. The molecule has 0 saturated carbocycles. The molecule has 0 saturated heterocycles. The molecule has 0 bridgehead atoms. The zero-order valence-electron chi connectivity index (χ0n) is 13.0. The maximum Gasteiger partial charge on any atom is 0.126 e. The predicted molar refractivity (Wildman–Crippen MR) is 90.7 cm³/mol. The molecule has 0 amide bonds. The third kappa shape index (κ3) is 5.30. The van der Waals surface area contributed by atoms with Crippen molar-refractivity contribution in [3.05, 3.63) is 28.2 Å². The first kappa shape index (κ1) is 16.8. The van der Waals surface area contributed by atoms with Crippen LogP contribution >= 0.6 is 15.9 Å². The molecule has 1 aliphatic rings. The van der Waals surface area contributed by atoms with E-state index in [1.165, 1.54) is 44.9 Å². The van der Waals surface area contributed by atoms with Crippen LogP contribution in [0.15, 0.2) is 22.7 Å². The van der Waals surface area contributed by atoms with Crippen LogP contribution in [-0.2, 0) is 0 Å². The number of benzene rings is 1. The number of fused-ring (bicyclic) bond motifs is 1. The summed E-state index contributed by atoms with van der Waals surface area (Å²) < 4.78 is 7.04. The normalized spacial score (nSPS) is 20.9. The lowest BCUT2D eigenvalue weighted by atomic mass is 9.96. The molecule has 0 spiro atoms. The van der Waals surface area contributed by atoms with E-state index in [0.717, 1.165) is 28.6 Å². The summed E-state index contributed by atoms with van der Waals surface area (Å²) in [5.74, 6) is 0.844. The minimum Gasteiger partial charge on any atom is -0.490 e. The van der Waals surface area contributed by atoms with Gasteiger partial charge in [0.15, 0.2) is 0 Å². The second kappa shape index (κ2) is 8.79. The summed E-state index contributed by atoms with van der Waals surface area (Å²) in [7, 11) is 0. The van der Waals surface area contributed by atoms with Crippen LogP contribution in [0.1, 0.15) is 76.4 Å². The zero-order valence-corrected chi connectivity index (χ0v) is 14.6. The number of halogens is 1. The highest BCUT2D eigenvalue weighted by atomic mass is 79.9. The van der Waals surface area contributed by atoms with E-state index in [1.807, 2.05) is 18.2 Å². The van der Waals surface area contributed by atoms with E-state index in [-0.39, 0.29) is 12.2 Å². The first-order valence-electron chi connectivity index (χ1n) is 8.35. The number of hydrogen-bond donors (Lipinski definition) is 1. The van der Waals surface area contributed by atoms with E-state index in [4.69, 9.17) is 4.74 Å². The average Bonchev–Trinajstić information content (AvgIpc) is 2.46. The van der Waals surface area contributed by atoms with Crippen molar-refractivity contribution in [1.29, 1.82) is 0 Å². The van der Waals surface area contributed by atoms with Crippen molar-refractivity contribution >= 4 is 15.9 Å². The fraction of sp³-hybridized carbons (Fsp3) is 0.667. The van der Waals surface area contributed by atoms with Gasteiger partial charge in [0.2, 0.25) is 0 Å². The lowest BCUT2D eigenvalue weighted by Gasteiger charge is -2.29. The van der Waals surface area contributed by atoms with E-state index in [0.29, 0.717) is 0 Å². The monoisotopic (exact) mass is 354 g/mol. The van der Waals surface area contributed by atoms with Crippen LogP contribution < -0.4 is 4.74 Å². The van der Waals surface area contributed by atoms with Crippen LogP contribution in [-0.4, -0.2) is 11.2 Å². The topological polar surface area (TPSA) is 29.5 Å². The molecule has 2 nitrogen and oxygen atoms in total. The molecule has 1 unspecified atom stereocenters. The Morgan fingerprint density at radius 3 is 2.62 bits per heavy atom. The molecule has 1 aromatic rings. The second-order valence-electron chi connectivity index (χ2n) is 6.08. The van der Waals surface area contributed by atoms with Gasteiger partial charge in [0.25, 0.3) is 0 Å². The Labute approximate surface area is 137 Å². The van der Waals surface area contributed by atoms with Crippen LogP contribution in [0.2, 0.25) is 0 Å². The molecule has 1 heterocycles. The van der Waals surface area contributed by atoms with Crippen LogP contribution in [0, 0.1) is 0 Å². The molecular formula is C18H27BrO2. The molecule has 0 radical (unpaired) electrons. The Kier molecular flexibility index (Phi) is 7.05. The van der Waals surface area contributed by atoms with Gasteiger partial charge in [-0.15, -0.1) is 0 Å². The molecule has 2 atom stereocenters. The first-order chi connectivity index (χ1) is 10.2. The van der Waals surface area contributed by atoms with E-state index in [1.54, 1.807) is 0 Å². The minimum atomic E-state index is -0.378. The number of rotatable bonds is 8. The largest absolute Gasteiger partial charge is 0.490 e. The molecule has 118 valence electrons. The SMILES string of the molecule is CCCCCCCCCC1C[C@@H](O)c2ccc(Br)cc2O1. The van der Waals surface area contributed by atoms with Gasteiger partial charge < -0.3 is 9.84 Å². The lowest BCUT2D eigenvalue weighted by Crippen LogP contribution is -2.25. The van der Waals surface area contributed by atoms with Crippen molar-refractivity contribution in [3.8, 4) is 5.75 Å². The Morgan fingerprint density at radius 1 is 1.14 bits per heavy atom.